The van der Waals surface area contributed by atoms with Gasteiger partial charge in [0.25, 0.3) is 5.91 Å². The number of amides is 1. The minimum Gasteiger partial charge on any atom is -0.351 e. The molecular formula is C14H22N2O2S. The number of rotatable bonds is 8. The average Bonchev–Trinajstić information content (AvgIpc) is 2.44. The minimum absolute atomic E-state index is 0.0267. The Hall–Kier alpha value is -1.04. The van der Waals surface area contributed by atoms with Crippen LogP contribution in [0.5, 0.6) is 0 Å². The SMILES string of the molecule is CCN(CC)CCNC(=O)c1ccc(SOC)cc1. The van der Waals surface area contributed by atoms with Crippen molar-refractivity contribution in [1.82, 2.24) is 10.2 Å². The fourth-order valence-corrected chi connectivity index (χ4v) is 2.17. The van der Waals surface area contributed by atoms with Crippen LogP contribution in [0.2, 0.25) is 0 Å². The van der Waals surface area contributed by atoms with Crippen LogP contribution in [-0.4, -0.2) is 44.1 Å². The van der Waals surface area contributed by atoms with E-state index in [0.717, 1.165) is 24.5 Å². The van der Waals surface area contributed by atoms with Gasteiger partial charge in [-0.3, -0.25) is 4.79 Å². The molecule has 0 unspecified atom stereocenters. The summed E-state index contributed by atoms with van der Waals surface area (Å²) in [6, 6.07) is 7.39. The van der Waals surface area contributed by atoms with Gasteiger partial charge in [0.15, 0.2) is 0 Å². The number of nitrogens with zero attached hydrogens (tertiary/aromatic N) is 1. The molecule has 0 radical (unpaired) electrons. The fourth-order valence-electron chi connectivity index (χ4n) is 1.73. The van der Waals surface area contributed by atoms with Crippen molar-refractivity contribution >= 4 is 17.9 Å². The van der Waals surface area contributed by atoms with Crippen LogP contribution in [0.15, 0.2) is 29.2 Å². The van der Waals surface area contributed by atoms with Crippen LogP contribution in [0.3, 0.4) is 0 Å². The van der Waals surface area contributed by atoms with Crippen LogP contribution in [0, 0.1) is 0 Å². The molecule has 0 aromatic heterocycles. The second-order valence-electron chi connectivity index (χ2n) is 4.06. The van der Waals surface area contributed by atoms with E-state index in [1.165, 1.54) is 12.0 Å². The molecule has 0 spiro atoms. The summed E-state index contributed by atoms with van der Waals surface area (Å²) in [7, 11) is 1.62. The van der Waals surface area contributed by atoms with E-state index in [4.69, 9.17) is 4.18 Å². The lowest BCUT2D eigenvalue weighted by molar-refractivity contribution is 0.0949. The Morgan fingerprint density at radius 1 is 1.26 bits per heavy atom. The zero-order chi connectivity index (χ0) is 14.1. The molecule has 1 amide bonds. The molecule has 0 aliphatic carbocycles. The number of hydrogen-bond acceptors (Lipinski definition) is 4. The molecule has 0 bridgehead atoms. The highest BCUT2D eigenvalue weighted by molar-refractivity contribution is 7.94. The third-order valence-corrected chi connectivity index (χ3v) is 3.54. The molecule has 1 rings (SSSR count). The van der Waals surface area contributed by atoms with E-state index >= 15 is 0 Å². The monoisotopic (exact) mass is 282 g/mol. The lowest BCUT2D eigenvalue weighted by Gasteiger charge is -2.17. The molecule has 106 valence electrons. The lowest BCUT2D eigenvalue weighted by atomic mass is 10.2. The van der Waals surface area contributed by atoms with Crippen molar-refractivity contribution < 1.29 is 8.98 Å². The summed E-state index contributed by atoms with van der Waals surface area (Å²) >= 11 is 1.29. The molecule has 1 aromatic rings. The van der Waals surface area contributed by atoms with E-state index in [0.29, 0.717) is 12.1 Å². The highest BCUT2D eigenvalue weighted by Crippen LogP contribution is 2.18. The van der Waals surface area contributed by atoms with Gasteiger partial charge in [0.1, 0.15) is 0 Å². The van der Waals surface area contributed by atoms with Crippen LogP contribution < -0.4 is 5.32 Å². The molecule has 0 heterocycles. The quantitative estimate of drug-likeness (QED) is 0.744. The van der Waals surface area contributed by atoms with E-state index in [1.54, 1.807) is 7.11 Å². The van der Waals surface area contributed by atoms with Gasteiger partial charge in [0.2, 0.25) is 0 Å². The van der Waals surface area contributed by atoms with Gasteiger partial charge in [-0.2, -0.15) is 0 Å². The van der Waals surface area contributed by atoms with Gasteiger partial charge < -0.3 is 14.4 Å². The molecule has 5 heteroatoms. The van der Waals surface area contributed by atoms with Gasteiger partial charge >= 0.3 is 0 Å². The van der Waals surface area contributed by atoms with E-state index < -0.39 is 0 Å². The van der Waals surface area contributed by atoms with Crippen molar-refractivity contribution in [3.05, 3.63) is 29.8 Å². The maximum absolute atomic E-state index is 11.9. The van der Waals surface area contributed by atoms with Gasteiger partial charge in [0.05, 0.1) is 7.11 Å². The molecule has 4 nitrogen and oxygen atoms in total. The minimum atomic E-state index is -0.0267. The molecule has 0 saturated heterocycles. The van der Waals surface area contributed by atoms with E-state index in [1.807, 2.05) is 24.3 Å². The van der Waals surface area contributed by atoms with Crippen molar-refractivity contribution in [1.29, 1.82) is 0 Å². The summed E-state index contributed by atoms with van der Waals surface area (Å²) in [5, 5.41) is 2.93. The van der Waals surface area contributed by atoms with E-state index in [2.05, 4.69) is 24.1 Å². The summed E-state index contributed by atoms with van der Waals surface area (Å²) in [6.07, 6.45) is 0. The fraction of sp³-hybridized carbons (Fsp3) is 0.500. The Morgan fingerprint density at radius 2 is 1.89 bits per heavy atom. The number of likely N-dealkylation sites (N-methyl/N-ethyl adjacent to an activating group) is 1. The van der Waals surface area contributed by atoms with Crippen molar-refractivity contribution in [2.24, 2.45) is 0 Å². The summed E-state index contributed by atoms with van der Waals surface area (Å²) in [5.41, 5.74) is 0.681. The number of benzene rings is 1. The molecule has 0 aliphatic rings. The van der Waals surface area contributed by atoms with Gasteiger partial charge in [-0.15, -0.1) is 0 Å². The topological polar surface area (TPSA) is 41.6 Å². The number of carbonyl (C=O) groups excluding carboxylic acids is 1. The van der Waals surface area contributed by atoms with Crippen molar-refractivity contribution in [2.45, 2.75) is 18.7 Å². The highest BCUT2D eigenvalue weighted by atomic mass is 32.2. The third-order valence-electron chi connectivity index (χ3n) is 2.90. The summed E-state index contributed by atoms with van der Waals surface area (Å²) in [4.78, 5) is 15.2. The van der Waals surface area contributed by atoms with Crippen LogP contribution in [0.25, 0.3) is 0 Å². The predicted octanol–water partition coefficient (Wildman–Crippen LogP) is 2.41. The standard InChI is InChI=1S/C14H22N2O2S/c1-4-16(5-2)11-10-15-14(17)12-6-8-13(9-7-12)19-18-3/h6-9H,4-5,10-11H2,1-3H3,(H,15,17). The zero-order valence-corrected chi connectivity index (χ0v) is 12.6. The van der Waals surface area contributed by atoms with Gasteiger partial charge in [-0.25, -0.2) is 0 Å². The number of nitrogens with one attached hydrogen (secondary N) is 1. The van der Waals surface area contributed by atoms with Crippen LogP contribution in [-0.2, 0) is 4.18 Å². The van der Waals surface area contributed by atoms with E-state index in [-0.39, 0.29) is 5.91 Å². The Labute approximate surface area is 119 Å². The molecule has 0 aliphatic heterocycles. The van der Waals surface area contributed by atoms with Crippen LogP contribution in [0.4, 0.5) is 0 Å². The van der Waals surface area contributed by atoms with Crippen LogP contribution >= 0.6 is 12.0 Å². The van der Waals surface area contributed by atoms with Crippen LogP contribution in [0.1, 0.15) is 24.2 Å². The Morgan fingerprint density at radius 3 is 2.42 bits per heavy atom. The first-order chi connectivity index (χ1) is 9.21. The first-order valence-electron chi connectivity index (χ1n) is 6.52. The summed E-state index contributed by atoms with van der Waals surface area (Å²) in [5.74, 6) is -0.0267. The molecule has 19 heavy (non-hydrogen) atoms. The summed E-state index contributed by atoms with van der Waals surface area (Å²) < 4.78 is 4.95. The Kier molecular flexibility index (Phi) is 7.55. The third kappa shape index (κ3) is 5.63. The highest BCUT2D eigenvalue weighted by Gasteiger charge is 2.06. The molecular weight excluding hydrogens is 260 g/mol. The first-order valence-corrected chi connectivity index (χ1v) is 7.26. The Bertz CT molecular complexity index is 378. The normalized spacial score (nSPS) is 10.7. The van der Waals surface area contributed by atoms with Crippen molar-refractivity contribution in [3.8, 4) is 0 Å². The number of carbonyl (C=O) groups is 1. The summed E-state index contributed by atoms with van der Waals surface area (Å²) in [6.45, 7) is 7.82. The van der Waals surface area contributed by atoms with Gasteiger partial charge in [-0.1, -0.05) is 13.8 Å². The number of hydrogen-bond donors (Lipinski definition) is 1. The van der Waals surface area contributed by atoms with E-state index in [9.17, 15) is 4.79 Å². The van der Waals surface area contributed by atoms with Gasteiger partial charge in [-0.05, 0) is 37.4 Å². The van der Waals surface area contributed by atoms with Crippen molar-refractivity contribution in [2.75, 3.05) is 33.3 Å². The molecule has 0 fully saturated rings. The second kappa shape index (κ2) is 8.96. The maximum Gasteiger partial charge on any atom is 0.251 e. The zero-order valence-electron chi connectivity index (χ0n) is 11.8. The average molecular weight is 282 g/mol. The molecule has 1 aromatic carbocycles. The lowest BCUT2D eigenvalue weighted by Crippen LogP contribution is -2.34. The molecule has 1 N–H and O–H groups in total. The second-order valence-corrected chi connectivity index (χ2v) is 5.03. The first kappa shape index (κ1) is 16.0. The van der Waals surface area contributed by atoms with Gasteiger partial charge in [0, 0.05) is 35.6 Å². The Balaban J connectivity index is 2.40. The smallest absolute Gasteiger partial charge is 0.251 e. The largest absolute Gasteiger partial charge is 0.351 e. The molecule has 0 saturated carbocycles. The van der Waals surface area contributed by atoms with Crippen molar-refractivity contribution in [3.63, 3.8) is 0 Å². The maximum atomic E-state index is 11.9. The predicted molar refractivity (Wildman–Crippen MR) is 79.4 cm³/mol. The molecule has 0 atom stereocenters.